The van der Waals surface area contributed by atoms with Gasteiger partial charge in [-0.25, -0.2) is 4.79 Å². The first kappa shape index (κ1) is 17.3. The zero-order valence-electron chi connectivity index (χ0n) is 13.4. The Morgan fingerprint density at radius 3 is 2.42 bits per heavy atom. The van der Waals surface area contributed by atoms with Gasteiger partial charge in [0.1, 0.15) is 17.1 Å². The Bertz CT molecular complexity index is 740. The molecule has 0 spiro atoms. The third-order valence-electron chi connectivity index (χ3n) is 3.51. The number of carbonyl (C=O) groups is 2. The van der Waals surface area contributed by atoms with E-state index in [1.165, 1.54) is 18.2 Å². The van der Waals surface area contributed by atoms with Gasteiger partial charge in [-0.05, 0) is 55.8 Å². The van der Waals surface area contributed by atoms with E-state index < -0.39 is 5.97 Å². The number of amides is 1. The second-order valence-corrected chi connectivity index (χ2v) is 5.35. The van der Waals surface area contributed by atoms with Crippen LogP contribution in [0.2, 0.25) is 0 Å². The van der Waals surface area contributed by atoms with Crippen molar-refractivity contribution in [3.63, 3.8) is 0 Å². The molecule has 3 N–H and O–H groups in total. The van der Waals surface area contributed by atoms with Crippen molar-refractivity contribution in [2.24, 2.45) is 0 Å². The number of carboxylic acids is 1. The number of aromatic carboxylic acids is 1. The van der Waals surface area contributed by atoms with E-state index in [9.17, 15) is 14.7 Å². The van der Waals surface area contributed by atoms with Crippen LogP contribution in [0.5, 0.6) is 11.5 Å². The highest BCUT2D eigenvalue weighted by atomic mass is 16.5. The first-order valence-corrected chi connectivity index (χ1v) is 7.55. The summed E-state index contributed by atoms with van der Waals surface area (Å²) < 4.78 is 5.65. The highest BCUT2D eigenvalue weighted by Gasteiger charge is 2.12. The van der Waals surface area contributed by atoms with E-state index in [4.69, 9.17) is 9.84 Å². The molecule has 1 atom stereocenters. The van der Waals surface area contributed by atoms with Crippen molar-refractivity contribution in [2.45, 2.75) is 26.4 Å². The Morgan fingerprint density at radius 2 is 1.83 bits per heavy atom. The number of anilines is 1. The minimum absolute atomic E-state index is 0.0936. The fraction of sp³-hybridized carbons (Fsp3) is 0.222. The molecule has 0 aliphatic carbocycles. The number of aromatic hydroxyl groups is 1. The lowest BCUT2D eigenvalue weighted by molar-refractivity contribution is 0.0693. The van der Waals surface area contributed by atoms with Gasteiger partial charge in [-0.2, -0.15) is 0 Å². The zero-order chi connectivity index (χ0) is 17.7. The summed E-state index contributed by atoms with van der Waals surface area (Å²) in [4.78, 5) is 23.2. The third-order valence-corrected chi connectivity index (χ3v) is 3.51. The largest absolute Gasteiger partial charge is 0.507 e. The van der Waals surface area contributed by atoms with E-state index in [1.54, 1.807) is 24.3 Å². The summed E-state index contributed by atoms with van der Waals surface area (Å²) >= 11 is 0. The molecule has 2 aromatic rings. The first-order valence-electron chi connectivity index (χ1n) is 7.55. The van der Waals surface area contributed by atoms with Crippen molar-refractivity contribution in [3.05, 3.63) is 53.6 Å². The molecule has 0 unspecified atom stereocenters. The Kier molecular flexibility index (Phi) is 5.42. The Balaban J connectivity index is 2.10. The molecular weight excluding hydrogens is 310 g/mol. The Morgan fingerprint density at radius 1 is 1.17 bits per heavy atom. The fourth-order valence-electron chi connectivity index (χ4n) is 1.99. The molecule has 2 rings (SSSR count). The van der Waals surface area contributed by atoms with Gasteiger partial charge in [0.05, 0.1) is 6.10 Å². The molecule has 0 heterocycles. The van der Waals surface area contributed by atoms with E-state index in [0.717, 1.165) is 6.42 Å². The molecule has 2 aromatic carbocycles. The van der Waals surface area contributed by atoms with Gasteiger partial charge in [-0.1, -0.05) is 6.92 Å². The molecule has 0 radical (unpaired) electrons. The van der Waals surface area contributed by atoms with Crippen LogP contribution in [0, 0.1) is 0 Å². The van der Waals surface area contributed by atoms with Gasteiger partial charge in [-0.3, -0.25) is 4.79 Å². The van der Waals surface area contributed by atoms with Crippen molar-refractivity contribution in [1.82, 2.24) is 0 Å². The van der Waals surface area contributed by atoms with E-state index in [-0.39, 0.29) is 29.0 Å². The molecule has 6 nitrogen and oxygen atoms in total. The van der Waals surface area contributed by atoms with Crippen LogP contribution in [0.25, 0.3) is 0 Å². The number of carboxylic acid groups (broad SMARTS) is 1. The standard InChI is InChI=1S/C18H19NO5/c1-3-11(2)24-14-7-4-12(5-8-14)17(21)19-13-6-9-16(20)15(10-13)18(22)23/h4-11,20H,3H2,1-2H3,(H,19,21)(H,22,23)/t11-/m0/s1. The molecule has 6 heteroatoms. The van der Waals surface area contributed by atoms with Crippen LogP contribution in [-0.2, 0) is 0 Å². The van der Waals surface area contributed by atoms with E-state index >= 15 is 0 Å². The topological polar surface area (TPSA) is 95.9 Å². The van der Waals surface area contributed by atoms with Gasteiger partial charge in [0.25, 0.3) is 5.91 Å². The molecule has 0 bridgehead atoms. The van der Waals surface area contributed by atoms with Crippen LogP contribution >= 0.6 is 0 Å². The number of nitrogens with one attached hydrogen (secondary N) is 1. The first-order chi connectivity index (χ1) is 11.4. The maximum absolute atomic E-state index is 12.2. The molecule has 0 fully saturated rings. The maximum atomic E-state index is 12.2. The molecule has 0 saturated carbocycles. The smallest absolute Gasteiger partial charge is 0.339 e. The normalized spacial score (nSPS) is 11.6. The van der Waals surface area contributed by atoms with Gasteiger partial charge >= 0.3 is 5.97 Å². The summed E-state index contributed by atoms with van der Waals surface area (Å²) in [5.74, 6) is -1.33. The molecule has 24 heavy (non-hydrogen) atoms. The van der Waals surface area contributed by atoms with Crippen LogP contribution in [0.3, 0.4) is 0 Å². The van der Waals surface area contributed by atoms with Gasteiger partial charge < -0.3 is 20.3 Å². The van der Waals surface area contributed by atoms with Crippen LogP contribution < -0.4 is 10.1 Å². The van der Waals surface area contributed by atoms with Crippen molar-refractivity contribution in [3.8, 4) is 11.5 Å². The number of hydrogen-bond donors (Lipinski definition) is 3. The molecule has 0 aliphatic rings. The summed E-state index contributed by atoms with van der Waals surface area (Å²) in [5, 5.41) is 21.0. The predicted octanol–water partition coefficient (Wildman–Crippen LogP) is 3.52. The van der Waals surface area contributed by atoms with Crippen molar-refractivity contribution in [2.75, 3.05) is 5.32 Å². The van der Waals surface area contributed by atoms with Crippen LogP contribution in [0.1, 0.15) is 41.0 Å². The average Bonchev–Trinajstić information content (AvgIpc) is 2.56. The second-order valence-electron chi connectivity index (χ2n) is 5.35. The number of phenols is 1. The van der Waals surface area contributed by atoms with Gasteiger partial charge in [0, 0.05) is 11.3 Å². The van der Waals surface area contributed by atoms with Gasteiger partial charge in [0.2, 0.25) is 0 Å². The monoisotopic (exact) mass is 329 g/mol. The second kappa shape index (κ2) is 7.50. The third kappa shape index (κ3) is 4.25. The van der Waals surface area contributed by atoms with E-state index in [0.29, 0.717) is 11.3 Å². The molecule has 0 aliphatic heterocycles. The number of hydrogen-bond acceptors (Lipinski definition) is 4. The van der Waals surface area contributed by atoms with Gasteiger partial charge in [-0.15, -0.1) is 0 Å². The minimum atomic E-state index is -1.27. The SMILES string of the molecule is CC[C@H](C)Oc1ccc(C(=O)Nc2ccc(O)c(C(=O)O)c2)cc1. The highest BCUT2D eigenvalue weighted by Crippen LogP contribution is 2.22. The highest BCUT2D eigenvalue weighted by molar-refractivity contribution is 6.05. The average molecular weight is 329 g/mol. The molecule has 126 valence electrons. The Hall–Kier alpha value is -3.02. The molecular formula is C18H19NO5. The van der Waals surface area contributed by atoms with Crippen molar-refractivity contribution >= 4 is 17.6 Å². The fourth-order valence-corrected chi connectivity index (χ4v) is 1.99. The van der Waals surface area contributed by atoms with E-state index in [2.05, 4.69) is 5.32 Å². The lowest BCUT2D eigenvalue weighted by Gasteiger charge is -2.13. The van der Waals surface area contributed by atoms with Crippen molar-refractivity contribution in [1.29, 1.82) is 0 Å². The molecule has 0 aromatic heterocycles. The van der Waals surface area contributed by atoms with Crippen LogP contribution in [0.15, 0.2) is 42.5 Å². The quantitative estimate of drug-likeness (QED) is 0.705. The lowest BCUT2D eigenvalue weighted by Crippen LogP contribution is -2.13. The number of benzene rings is 2. The molecule has 1 amide bonds. The maximum Gasteiger partial charge on any atom is 0.339 e. The summed E-state index contributed by atoms with van der Waals surface area (Å²) in [6.07, 6.45) is 0.978. The lowest BCUT2D eigenvalue weighted by atomic mass is 10.1. The number of carbonyl (C=O) groups excluding carboxylic acids is 1. The minimum Gasteiger partial charge on any atom is -0.507 e. The summed E-state index contributed by atoms with van der Waals surface area (Å²) in [6.45, 7) is 3.99. The van der Waals surface area contributed by atoms with Crippen LogP contribution in [0.4, 0.5) is 5.69 Å². The number of rotatable bonds is 6. The summed E-state index contributed by atoms with van der Waals surface area (Å²) in [6, 6.07) is 10.5. The molecule has 0 saturated heterocycles. The predicted molar refractivity (Wildman–Crippen MR) is 89.8 cm³/mol. The van der Waals surface area contributed by atoms with Crippen molar-refractivity contribution < 1.29 is 24.5 Å². The summed E-state index contributed by atoms with van der Waals surface area (Å²) in [7, 11) is 0. The Labute approximate surface area is 139 Å². The van der Waals surface area contributed by atoms with Gasteiger partial charge in [0.15, 0.2) is 0 Å². The van der Waals surface area contributed by atoms with Crippen LogP contribution in [-0.4, -0.2) is 28.2 Å². The van der Waals surface area contributed by atoms with E-state index in [1.807, 2.05) is 13.8 Å². The summed E-state index contributed by atoms with van der Waals surface area (Å²) in [5.41, 5.74) is 0.427. The zero-order valence-corrected chi connectivity index (χ0v) is 13.4. The number of ether oxygens (including phenoxy) is 1.